The van der Waals surface area contributed by atoms with Crippen LogP contribution in [0.4, 0.5) is 5.69 Å². The van der Waals surface area contributed by atoms with Crippen molar-refractivity contribution in [2.45, 2.75) is 12.8 Å². The lowest BCUT2D eigenvalue weighted by atomic mass is 10.1. The van der Waals surface area contributed by atoms with Crippen LogP contribution in [0, 0.1) is 0 Å². The number of hydrogen-bond acceptors (Lipinski definition) is 5. The molecule has 0 bridgehead atoms. The van der Waals surface area contributed by atoms with Gasteiger partial charge in [-0.05, 0) is 49.2 Å². The standard InChI is InChI=1S/C25H21N3O3S/c29-23(26-19-12-10-18(11-13-19)25(30)28-14-4-5-15-28)22-21(17-7-2-1-3-8-17)27-24(32-22)20-9-6-16-31-20/h1-3,6-13,16H,4-5,14-15H2,(H,26,29). The van der Waals surface area contributed by atoms with Gasteiger partial charge in [0, 0.05) is 29.9 Å². The van der Waals surface area contributed by atoms with E-state index in [9.17, 15) is 9.59 Å². The van der Waals surface area contributed by atoms with Crippen molar-refractivity contribution in [2.24, 2.45) is 0 Å². The van der Waals surface area contributed by atoms with E-state index in [-0.39, 0.29) is 11.8 Å². The van der Waals surface area contributed by atoms with Crippen LogP contribution >= 0.6 is 11.3 Å². The summed E-state index contributed by atoms with van der Waals surface area (Å²) in [5.41, 5.74) is 2.73. The third-order valence-electron chi connectivity index (χ3n) is 5.40. The van der Waals surface area contributed by atoms with Crippen LogP contribution in [0.25, 0.3) is 22.0 Å². The van der Waals surface area contributed by atoms with Gasteiger partial charge in [0.25, 0.3) is 11.8 Å². The number of nitrogens with one attached hydrogen (secondary N) is 1. The minimum atomic E-state index is -0.252. The van der Waals surface area contributed by atoms with Crippen molar-refractivity contribution in [1.82, 2.24) is 9.88 Å². The molecule has 1 aliphatic heterocycles. The van der Waals surface area contributed by atoms with Gasteiger partial charge >= 0.3 is 0 Å². The number of carbonyl (C=O) groups is 2. The van der Waals surface area contributed by atoms with Crippen molar-refractivity contribution in [3.63, 3.8) is 0 Å². The molecule has 160 valence electrons. The van der Waals surface area contributed by atoms with E-state index in [0.717, 1.165) is 31.5 Å². The molecular weight excluding hydrogens is 422 g/mol. The average Bonchev–Trinajstić information content (AvgIpc) is 3.61. The van der Waals surface area contributed by atoms with Gasteiger partial charge in [0.15, 0.2) is 10.8 Å². The number of amides is 2. The van der Waals surface area contributed by atoms with Crippen LogP contribution in [0.2, 0.25) is 0 Å². The fraction of sp³-hybridized carbons (Fsp3) is 0.160. The molecule has 2 amide bonds. The number of benzene rings is 2. The van der Waals surface area contributed by atoms with E-state index in [4.69, 9.17) is 4.42 Å². The molecule has 1 aliphatic rings. The number of aromatic nitrogens is 1. The number of carbonyl (C=O) groups excluding carboxylic acids is 2. The summed E-state index contributed by atoms with van der Waals surface area (Å²) < 4.78 is 5.48. The fourth-order valence-corrected chi connectivity index (χ4v) is 4.71. The Morgan fingerprint density at radius 1 is 0.938 bits per heavy atom. The Labute approximate surface area is 189 Å². The quantitative estimate of drug-likeness (QED) is 0.438. The second-order valence-electron chi connectivity index (χ2n) is 7.57. The summed E-state index contributed by atoms with van der Waals surface area (Å²) >= 11 is 1.29. The predicted octanol–water partition coefficient (Wildman–Crippen LogP) is 5.56. The van der Waals surface area contributed by atoms with E-state index in [0.29, 0.717) is 32.6 Å². The molecule has 32 heavy (non-hydrogen) atoms. The van der Waals surface area contributed by atoms with Crippen molar-refractivity contribution < 1.29 is 14.0 Å². The summed E-state index contributed by atoms with van der Waals surface area (Å²) in [6, 6.07) is 20.3. The van der Waals surface area contributed by atoms with Gasteiger partial charge in [0.2, 0.25) is 0 Å². The molecule has 0 unspecified atom stereocenters. The van der Waals surface area contributed by atoms with E-state index in [2.05, 4.69) is 10.3 Å². The Hall–Kier alpha value is -3.71. The molecule has 4 aromatic rings. The first-order valence-corrected chi connectivity index (χ1v) is 11.3. The lowest BCUT2D eigenvalue weighted by molar-refractivity contribution is 0.0792. The van der Waals surface area contributed by atoms with Crippen molar-refractivity contribution >= 4 is 28.8 Å². The van der Waals surface area contributed by atoms with E-state index >= 15 is 0 Å². The Kier molecular flexibility index (Phi) is 5.56. The Morgan fingerprint density at radius 3 is 2.38 bits per heavy atom. The third kappa shape index (κ3) is 4.07. The number of rotatable bonds is 5. The first-order valence-electron chi connectivity index (χ1n) is 10.5. The summed E-state index contributed by atoms with van der Waals surface area (Å²) in [6.45, 7) is 1.62. The molecule has 1 saturated heterocycles. The van der Waals surface area contributed by atoms with E-state index in [1.807, 2.05) is 41.3 Å². The van der Waals surface area contributed by atoms with Gasteiger partial charge in [-0.15, -0.1) is 11.3 Å². The summed E-state index contributed by atoms with van der Waals surface area (Å²) in [4.78, 5) is 32.8. The van der Waals surface area contributed by atoms with E-state index in [1.165, 1.54) is 11.3 Å². The maximum absolute atomic E-state index is 13.2. The lowest BCUT2D eigenvalue weighted by Crippen LogP contribution is -2.27. The van der Waals surface area contributed by atoms with Crippen LogP contribution < -0.4 is 5.32 Å². The molecule has 1 fully saturated rings. The molecule has 6 nitrogen and oxygen atoms in total. The van der Waals surface area contributed by atoms with Crippen molar-refractivity contribution in [1.29, 1.82) is 0 Å². The second kappa shape index (κ2) is 8.80. The molecule has 2 aromatic carbocycles. The normalized spacial score (nSPS) is 13.3. The fourth-order valence-electron chi connectivity index (χ4n) is 3.76. The summed E-state index contributed by atoms with van der Waals surface area (Å²) in [7, 11) is 0. The number of thiazole rings is 1. The zero-order chi connectivity index (χ0) is 21.9. The highest BCUT2D eigenvalue weighted by molar-refractivity contribution is 7.17. The van der Waals surface area contributed by atoms with Crippen LogP contribution in [-0.2, 0) is 0 Å². The topological polar surface area (TPSA) is 75.4 Å². The lowest BCUT2D eigenvalue weighted by Gasteiger charge is -2.15. The molecule has 0 radical (unpaired) electrons. The zero-order valence-electron chi connectivity index (χ0n) is 17.3. The average molecular weight is 444 g/mol. The van der Waals surface area contributed by atoms with Gasteiger partial charge in [0.05, 0.1) is 12.0 Å². The highest BCUT2D eigenvalue weighted by Gasteiger charge is 2.22. The molecule has 7 heteroatoms. The highest BCUT2D eigenvalue weighted by atomic mass is 32.1. The van der Waals surface area contributed by atoms with E-state index < -0.39 is 0 Å². The van der Waals surface area contributed by atoms with Crippen molar-refractivity contribution in [3.8, 4) is 22.0 Å². The van der Waals surface area contributed by atoms with Crippen LogP contribution in [0.5, 0.6) is 0 Å². The second-order valence-corrected chi connectivity index (χ2v) is 8.57. The van der Waals surface area contributed by atoms with Gasteiger partial charge in [-0.3, -0.25) is 9.59 Å². The molecule has 1 N–H and O–H groups in total. The van der Waals surface area contributed by atoms with Crippen LogP contribution in [0.1, 0.15) is 32.9 Å². The molecule has 3 heterocycles. The number of nitrogens with zero attached hydrogens (tertiary/aromatic N) is 2. The highest BCUT2D eigenvalue weighted by Crippen LogP contribution is 2.34. The number of hydrogen-bond donors (Lipinski definition) is 1. The van der Waals surface area contributed by atoms with Crippen LogP contribution in [0.3, 0.4) is 0 Å². The maximum Gasteiger partial charge on any atom is 0.268 e. The zero-order valence-corrected chi connectivity index (χ0v) is 18.1. The minimum absolute atomic E-state index is 0.0392. The van der Waals surface area contributed by atoms with Crippen molar-refractivity contribution in [2.75, 3.05) is 18.4 Å². The monoisotopic (exact) mass is 443 g/mol. The number of likely N-dealkylation sites (tertiary alicyclic amines) is 1. The van der Waals surface area contributed by atoms with Gasteiger partial charge in [-0.1, -0.05) is 30.3 Å². The minimum Gasteiger partial charge on any atom is -0.462 e. The molecule has 0 atom stereocenters. The van der Waals surface area contributed by atoms with Crippen LogP contribution in [0.15, 0.2) is 77.4 Å². The summed E-state index contributed by atoms with van der Waals surface area (Å²) in [5.74, 6) is 0.408. The predicted molar refractivity (Wildman–Crippen MR) is 125 cm³/mol. The first kappa shape index (κ1) is 20.2. The summed E-state index contributed by atoms with van der Waals surface area (Å²) in [6.07, 6.45) is 3.70. The molecule has 2 aromatic heterocycles. The Balaban J connectivity index is 1.40. The SMILES string of the molecule is O=C(Nc1ccc(C(=O)N2CCCC2)cc1)c1sc(-c2ccco2)nc1-c1ccccc1. The molecule has 0 aliphatic carbocycles. The van der Waals surface area contributed by atoms with Crippen molar-refractivity contribution in [3.05, 3.63) is 83.4 Å². The van der Waals surface area contributed by atoms with E-state index in [1.54, 1.807) is 36.6 Å². The van der Waals surface area contributed by atoms with Gasteiger partial charge < -0.3 is 14.6 Å². The first-order chi connectivity index (χ1) is 15.7. The smallest absolute Gasteiger partial charge is 0.268 e. The third-order valence-corrected chi connectivity index (χ3v) is 6.46. The number of anilines is 1. The molecule has 0 spiro atoms. The molecule has 5 rings (SSSR count). The van der Waals surface area contributed by atoms with Gasteiger partial charge in [-0.25, -0.2) is 4.98 Å². The maximum atomic E-state index is 13.2. The number of furan rings is 1. The largest absolute Gasteiger partial charge is 0.462 e. The Morgan fingerprint density at radius 2 is 1.69 bits per heavy atom. The van der Waals surface area contributed by atoms with Gasteiger partial charge in [-0.2, -0.15) is 0 Å². The Bertz CT molecular complexity index is 1230. The molecule has 0 saturated carbocycles. The molecular formula is C25H21N3O3S. The van der Waals surface area contributed by atoms with Crippen LogP contribution in [-0.4, -0.2) is 34.8 Å². The summed E-state index contributed by atoms with van der Waals surface area (Å²) in [5, 5.41) is 3.58. The van der Waals surface area contributed by atoms with Gasteiger partial charge in [0.1, 0.15) is 4.88 Å².